The first kappa shape index (κ1) is 14.5. The summed E-state index contributed by atoms with van der Waals surface area (Å²) in [5, 5.41) is 4.99. The van der Waals surface area contributed by atoms with Crippen LogP contribution in [0.25, 0.3) is 0 Å². The Morgan fingerprint density at radius 3 is 2.85 bits per heavy atom. The molecule has 0 aliphatic heterocycles. The molecule has 2 fully saturated rings. The van der Waals surface area contributed by atoms with Gasteiger partial charge in [0.05, 0.1) is 6.10 Å². The molecule has 2 saturated carbocycles. The zero-order valence-corrected chi connectivity index (χ0v) is 13.5. The van der Waals surface area contributed by atoms with Crippen LogP contribution in [0, 0.1) is 5.41 Å². The van der Waals surface area contributed by atoms with E-state index in [1.54, 1.807) is 0 Å². The molecule has 2 atom stereocenters. The van der Waals surface area contributed by atoms with Crippen LogP contribution in [0.2, 0.25) is 0 Å². The first-order valence-corrected chi connectivity index (χ1v) is 8.88. The quantitative estimate of drug-likeness (QED) is 0.871. The van der Waals surface area contributed by atoms with Gasteiger partial charge in [0.25, 0.3) is 0 Å². The molecule has 1 aromatic heterocycles. The maximum atomic E-state index is 5.97. The molecule has 112 valence electrons. The van der Waals surface area contributed by atoms with Gasteiger partial charge in [0, 0.05) is 35.7 Å². The summed E-state index contributed by atoms with van der Waals surface area (Å²) in [6.07, 6.45) is 10.2. The fourth-order valence-electron chi connectivity index (χ4n) is 3.98. The number of aromatic nitrogens is 1. The highest BCUT2D eigenvalue weighted by molar-refractivity contribution is 7.11. The minimum Gasteiger partial charge on any atom is -0.378 e. The molecular formula is C16H26N2OS. The van der Waals surface area contributed by atoms with E-state index >= 15 is 0 Å². The molecule has 0 saturated heterocycles. The highest BCUT2D eigenvalue weighted by Crippen LogP contribution is 2.54. The fraction of sp³-hybridized carbons (Fsp3) is 0.812. The maximum absolute atomic E-state index is 5.97. The molecule has 0 aromatic carbocycles. The fourth-order valence-corrected chi connectivity index (χ4v) is 4.79. The molecule has 20 heavy (non-hydrogen) atoms. The smallest absolute Gasteiger partial charge is 0.107 e. The van der Waals surface area contributed by atoms with E-state index in [0.717, 1.165) is 19.6 Å². The third kappa shape index (κ3) is 2.53. The average molecular weight is 294 g/mol. The van der Waals surface area contributed by atoms with Crippen molar-refractivity contribution in [1.29, 1.82) is 0 Å². The largest absolute Gasteiger partial charge is 0.378 e. The zero-order chi connectivity index (χ0) is 14.0. The summed E-state index contributed by atoms with van der Waals surface area (Å²) in [7, 11) is 0. The normalized spacial score (nSPS) is 27.9. The molecule has 2 aliphatic carbocycles. The van der Waals surface area contributed by atoms with Gasteiger partial charge < -0.3 is 10.1 Å². The van der Waals surface area contributed by atoms with Gasteiger partial charge in [0.15, 0.2) is 0 Å². The van der Waals surface area contributed by atoms with Crippen LogP contribution in [0.5, 0.6) is 0 Å². The van der Waals surface area contributed by atoms with Gasteiger partial charge in [-0.05, 0) is 32.6 Å². The van der Waals surface area contributed by atoms with Crippen molar-refractivity contribution >= 4 is 11.3 Å². The lowest BCUT2D eigenvalue weighted by molar-refractivity contribution is -0.130. The Balaban J connectivity index is 1.57. The van der Waals surface area contributed by atoms with Gasteiger partial charge in [-0.2, -0.15) is 0 Å². The van der Waals surface area contributed by atoms with Crippen molar-refractivity contribution in [3.63, 3.8) is 0 Å². The number of hydrogen-bond acceptors (Lipinski definition) is 4. The maximum Gasteiger partial charge on any atom is 0.107 e. The van der Waals surface area contributed by atoms with Crippen molar-refractivity contribution in [2.24, 2.45) is 5.41 Å². The third-order valence-corrected chi connectivity index (χ3v) is 6.28. The molecule has 1 heterocycles. The number of rotatable bonds is 6. The molecule has 2 aliphatic rings. The van der Waals surface area contributed by atoms with Gasteiger partial charge in [-0.15, -0.1) is 11.3 Å². The van der Waals surface area contributed by atoms with E-state index in [-0.39, 0.29) is 0 Å². The minimum atomic E-state index is 0.431. The minimum absolute atomic E-state index is 0.431. The second kappa shape index (κ2) is 6.12. The van der Waals surface area contributed by atoms with Gasteiger partial charge in [0.2, 0.25) is 0 Å². The van der Waals surface area contributed by atoms with Crippen LogP contribution in [0.4, 0.5) is 0 Å². The molecular weight excluding hydrogens is 268 g/mol. The number of aryl methyl sites for hydroxylation is 1. The molecule has 4 heteroatoms. The highest BCUT2D eigenvalue weighted by atomic mass is 32.1. The monoisotopic (exact) mass is 294 g/mol. The van der Waals surface area contributed by atoms with Crippen LogP contribution >= 0.6 is 11.3 Å². The van der Waals surface area contributed by atoms with Crippen LogP contribution in [0.1, 0.15) is 55.8 Å². The molecule has 1 aromatic rings. The summed E-state index contributed by atoms with van der Waals surface area (Å²) in [6.45, 7) is 6.09. The van der Waals surface area contributed by atoms with Crippen LogP contribution in [-0.2, 0) is 17.7 Å². The van der Waals surface area contributed by atoms with E-state index < -0.39 is 0 Å². The van der Waals surface area contributed by atoms with Crippen LogP contribution in [0.3, 0.4) is 0 Å². The summed E-state index contributed by atoms with van der Waals surface area (Å²) >= 11 is 1.85. The molecule has 0 bridgehead atoms. The molecule has 3 nitrogen and oxygen atoms in total. The van der Waals surface area contributed by atoms with Crippen LogP contribution in [-0.4, -0.2) is 23.7 Å². The van der Waals surface area contributed by atoms with Crippen LogP contribution in [0.15, 0.2) is 6.20 Å². The van der Waals surface area contributed by atoms with E-state index in [4.69, 9.17) is 4.74 Å². The number of thiazole rings is 1. The van der Waals surface area contributed by atoms with Crippen molar-refractivity contribution in [1.82, 2.24) is 10.3 Å². The van der Waals surface area contributed by atoms with Crippen molar-refractivity contribution in [3.8, 4) is 0 Å². The lowest BCUT2D eigenvalue weighted by Gasteiger charge is -2.54. The summed E-state index contributed by atoms with van der Waals surface area (Å²) in [5.74, 6) is 0. The van der Waals surface area contributed by atoms with Gasteiger partial charge in [-0.25, -0.2) is 4.98 Å². The van der Waals surface area contributed by atoms with E-state index in [0.29, 0.717) is 17.6 Å². The number of ether oxygens (including phenoxy) is 1. The van der Waals surface area contributed by atoms with Crippen LogP contribution < -0.4 is 5.32 Å². The highest BCUT2D eigenvalue weighted by Gasteiger charge is 2.56. The Morgan fingerprint density at radius 1 is 1.40 bits per heavy atom. The van der Waals surface area contributed by atoms with Crippen molar-refractivity contribution in [3.05, 3.63) is 16.1 Å². The summed E-state index contributed by atoms with van der Waals surface area (Å²) in [6, 6.07) is 0.635. The predicted octanol–water partition coefficient (Wildman–Crippen LogP) is 3.53. The Hall–Kier alpha value is -0.450. The zero-order valence-electron chi connectivity index (χ0n) is 12.7. The molecule has 2 unspecified atom stereocenters. The van der Waals surface area contributed by atoms with E-state index in [1.165, 1.54) is 42.0 Å². The Morgan fingerprint density at radius 2 is 2.20 bits per heavy atom. The van der Waals surface area contributed by atoms with Gasteiger partial charge in [-0.1, -0.05) is 19.8 Å². The van der Waals surface area contributed by atoms with Crippen molar-refractivity contribution in [2.75, 3.05) is 6.61 Å². The van der Waals surface area contributed by atoms with Gasteiger partial charge >= 0.3 is 0 Å². The summed E-state index contributed by atoms with van der Waals surface area (Å²) in [5.41, 5.74) is 0.431. The number of hydrogen-bond donors (Lipinski definition) is 1. The Bertz CT molecular complexity index is 439. The molecule has 0 amide bonds. The Labute approximate surface area is 126 Å². The topological polar surface area (TPSA) is 34.1 Å². The second-order valence-corrected chi connectivity index (χ2v) is 7.33. The molecule has 1 N–H and O–H groups in total. The second-order valence-electron chi connectivity index (χ2n) is 6.13. The number of nitrogens with one attached hydrogen (secondary N) is 1. The molecule has 1 spiro atoms. The van der Waals surface area contributed by atoms with Crippen molar-refractivity contribution in [2.45, 2.75) is 71.1 Å². The third-order valence-electron chi connectivity index (χ3n) is 5.14. The Kier molecular flexibility index (Phi) is 4.43. The predicted molar refractivity (Wildman–Crippen MR) is 83.1 cm³/mol. The molecule has 0 radical (unpaired) electrons. The SMILES string of the molecule is CCOC1CC(NCc2ncc(CC)s2)C12CCCC2. The summed E-state index contributed by atoms with van der Waals surface area (Å²) < 4.78 is 5.97. The first-order valence-electron chi connectivity index (χ1n) is 8.07. The molecule has 3 rings (SSSR count). The first-order chi connectivity index (χ1) is 9.78. The lowest BCUT2D eigenvalue weighted by atomic mass is 9.60. The standard InChI is InChI=1S/C16H26N2OS/c1-3-12-10-18-15(20-12)11-17-13-9-14(19-4-2)16(13)7-5-6-8-16/h10,13-14,17H,3-9,11H2,1-2H3. The van der Waals surface area contributed by atoms with E-state index in [9.17, 15) is 0 Å². The van der Waals surface area contributed by atoms with E-state index in [2.05, 4.69) is 24.1 Å². The average Bonchev–Trinajstić information content (AvgIpc) is 3.11. The summed E-state index contributed by atoms with van der Waals surface area (Å²) in [4.78, 5) is 5.90. The van der Waals surface area contributed by atoms with Gasteiger partial charge in [-0.3, -0.25) is 0 Å². The number of nitrogens with zero attached hydrogens (tertiary/aromatic N) is 1. The van der Waals surface area contributed by atoms with Gasteiger partial charge in [0.1, 0.15) is 5.01 Å². The van der Waals surface area contributed by atoms with E-state index in [1.807, 2.05) is 17.5 Å². The lowest BCUT2D eigenvalue weighted by Crippen LogP contribution is -2.62. The van der Waals surface area contributed by atoms with Crippen molar-refractivity contribution < 1.29 is 4.74 Å².